The number of benzene rings is 1. The van der Waals surface area contributed by atoms with Crippen LogP contribution < -0.4 is 4.74 Å². The van der Waals surface area contributed by atoms with Crippen LogP contribution >= 0.6 is 0 Å². The molecule has 118 valence electrons. The first-order chi connectivity index (χ1) is 10.2. The molecule has 0 unspecified atom stereocenters. The predicted octanol–water partition coefficient (Wildman–Crippen LogP) is 3.38. The zero-order valence-electron chi connectivity index (χ0n) is 13.3. The highest BCUT2D eigenvalue weighted by atomic mass is 16.7. The van der Waals surface area contributed by atoms with Crippen molar-refractivity contribution in [1.29, 1.82) is 0 Å². The molecule has 0 radical (unpaired) electrons. The molecule has 0 spiro atoms. The van der Waals surface area contributed by atoms with Crippen LogP contribution in [0.25, 0.3) is 0 Å². The first-order valence-corrected chi connectivity index (χ1v) is 7.68. The summed E-state index contributed by atoms with van der Waals surface area (Å²) in [5, 5.41) is 0. The minimum Gasteiger partial charge on any atom is -0.494 e. The van der Waals surface area contributed by atoms with Gasteiger partial charge in [-0.2, -0.15) is 0 Å². The van der Waals surface area contributed by atoms with Gasteiger partial charge in [-0.3, -0.25) is 4.79 Å². The Morgan fingerprint density at radius 1 is 1.05 bits per heavy atom. The molecule has 4 heteroatoms. The molecule has 0 amide bonds. The van der Waals surface area contributed by atoms with Crippen molar-refractivity contribution >= 4 is 5.78 Å². The summed E-state index contributed by atoms with van der Waals surface area (Å²) >= 11 is 0. The molecule has 0 bridgehead atoms. The molecule has 1 aromatic carbocycles. The van der Waals surface area contributed by atoms with Gasteiger partial charge < -0.3 is 14.2 Å². The fourth-order valence-electron chi connectivity index (χ4n) is 1.86. The number of hydrogen-bond donors (Lipinski definition) is 0. The lowest BCUT2D eigenvalue weighted by atomic mass is 10.1. The van der Waals surface area contributed by atoms with Crippen molar-refractivity contribution in [3.8, 4) is 5.75 Å². The Labute approximate surface area is 127 Å². The highest BCUT2D eigenvalue weighted by Crippen LogP contribution is 2.14. The van der Waals surface area contributed by atoms with Crippen LogP contribution in [0.3, 0.4) is 0 Å². The Kier molecular flexibility index (Phi) is 8.71. The summed E-state index contributed by atoms with van der Waals surface area (Å²) in [6.45, 7) is 7.47. The van der Waals surface area contributed by atoms with Gasteiger partial charge in [0.15, 0.2) is 5.78 Å². The van der Waals surface area contributed by atoms with E-state index in [2.05, 4.69) is 6.92 Å². The van der Waals surface area contributed by atoms with Gasteiger partial charge in [0.2, 0.25) is 6.29 Å². The number of ether oxygens (including phenoxy) is 3. The van der Waals surface area contributed by atoms with Crippen molar-refractivity contribution in [2.24, 2.45) is 0 Å². The molecule has 0 heterocycles. The normalized spacial score (nSPS) is 10.9. The van der Waals surface area contributed by atoms with Gasteiger partial charge in [0.25, 0.3) is 0 Å². The van der Waals surface area contributed by atoms with Crippen LogP contribution in [0.15, 0.2) is 24.3 Å². The summed E-state index contributed by atoms with van der Waals surface area (Å²) in [5.74, 6) is 0.782. The lowest BCUT2D eigenvalue weighted by Gasteiger charge is -2.15. The summed E-state index contributed by atoms with van der Waals surface area (Å²) in [6.07, 6.45) is 1.70. The minimum absolute atomic E-state index is 0.0571. The summed E-state index contributed by atoms with van der Waals surface area (Å²) < 4.78 is 16.2. The summed E-state index contributed by atoms with van der Waals surface area (Å²) in [4.78, 5) is 12.1. The molecule has 1 rings (SSSR count). The zero-order valence-corrected chi connectivity index (χ0v) is 13.3. The standard InChI is InChI=1S/C17H26O4/c1-4-7-12-21-15-10-8-14(9-11-15)13-16(18)17(19-5-2)20-6-3/h8-11,17H,4-7,12-13H2,1-3H3. The molecule has 0 saturated carbocycles. The van der Waals surface area contributed by atoms with Gasteiger partial charge in [0, 0.05) is 19.6 Å². The minimum atomic E-state index is -0.763. The van der Waals surface area contributed by atoms with Crippen molar-refractivity contribution < 1.29 is 19.0 Å². The van der Waals surface area contributed by atoms with E-state index in [0.29, 0.717) is 19.6 Å². The van der Waals surface area contributed by atoms with Crippen molar-refractivity contribution in [3.05, 3.63) is 29.8 Å². The summed E-state index contributed by atoms with van der Waals surface area (Å²) in [5.41, 5.74) is 0.937. The van der Waals surface area contributed by atoms with Crippen LogP contribution in [0.1, 0.15) is 39.2 Å². The van der Waals surface area contributed by atoms with Crippen molar-refractivity contribution in [1.82, 2.24) is 0 Å². The van der Waals surface area contributed by atoms with Gasteiger partial charge in [0.05, 0.1) is 6.61 Å². The smallest absolute Gasteiger partial charge is 0.218 e. The number of ketones is 1. The van der Waals surface area contributed by atoms with Crippen molar-refractivity contribution in [3.63, 3.8) is 0 Å². The van der Waals surface area contributed by atoms with E-state index in [4.69, 9.17) is 14.2 Å². The number of Topliss-reactive ketones (excluding diaryl/α,β-unsaturated/α-hetero) is 1. The third-order valence-corrected chi connectivity index (χ3v) is 2.97. The maximum absolute atomic E-state index is 12.1. The predicted molar refractivity (Wildman–Crippen MR) is 82.6 cm³/mol. The topological polar surface area (TPSA) is 44.8 Å². The Morgan fingerprint density at radius 2 is 1.67 bits per heavy atom. The molecule has 4 nitrogen and oxygen atoms in total. The molecule has 0 aromatic heterocycles. The maximum atomic E-state index is 12.1. The van der Waals surface area contributed by atoms with E-state index >= 15 is 0 Å². The molecule has 0 atom stereocenters. The van der Waals surface area contributed by atoms with Gasteiger partial charge in [-0.25, -0.2) is 0 Å². The van der Waals surface area contributed by atoms with Gasteiger partial charge in [-0.05, 0) is 38.0 Å². The SMILES string of the molecule is CCCCOc1ccc(CC(=O)C(OCC)OCC)cc1. The average Bonchev–Trinajstić information content (AvgIpc) is 2.49. The molecule has 1 aromatic rings. The molecule has 0 aliphatic carbocycles. The molecule has 0 aliphatic rings. The second-order valence-corrected chi connectivity index (χ2v) is 4.73. The highest BCUT2D eigenvalue weighted by molar-refractivity contribution is 5.84. The maximum Gasteiger partial charge on any atom is 0.218 e. The molecule has 0 saturated heterocycles. The number of unbranched alkanes of at least 4 members (excludes halogenated alkanes) is 1. The van der Waals surface area contributed by atoms with Gasteiger partial charge >= 0.3 is 0 Å². The fraction of sp³-hybridized carbons (Fsp3) is 0.588. The van der Waals surface area contributed by atoms with Crippen LogP contribution in [0, 0.1) is 0 Å². The lowest BCUT2D eigenvalue weighted by Crippen LogP contribution is -2.29. The molecule has 0 N–H and O–H groups in total. The zero-order chi connectivity index (χ0) is 15.5. The molecule has 0 aliphatic heterocycles. The largest absolute Gasteiger partial charge is 0.494 e. The Morgan fingerprint density at radius 3 is 2.19 bits per heavy atom. The Balaban J connectivity index is 2.51. The van der Waals surface area contributed by atoms with Crippen molar-refractivity contribution in [2.75, 3.05) is 19.8 Å². The van der Waals surface area contributed by atoms with E-state index in [1.165, 1.54) is 0 Å². The quantitative estimate of drug-likeness (QED) is 0.463. The van der Waals surface area contributed by atoms with E-state index in [1.807, 2.05) is 38.1 Å². The number of carbonyl (C=O) groups is 1. The fourth-order valence-corrected chi connectivity index (χ4v) is 1.86. The first kappa shape index (κ1) is 17.7. The van der Waals surface area contributed by atoms with Crippen molar-refractivity contribution in [2.45, 2.75) is 46.3 Å². The van der Waals surface area contributed by atoms with Crippen LogP contribution in [0.2, 0.25) is 0 Å². The number of carbonyl (C=O) groups excluding carboxylic acids is 1. The molecular weight excluding hydrogens is 268 g/mol. The molecule has 0 fully saturated rings. The third kappa shape index (κ3) is 6.74. The summed E-state index contributed by atoms with van der Waals surface area (Å²) in [7, 11) is 0. The second kappa shape index (κ2) is 10.4. The second-order valence-electron chi connectivity index (χ2n) is 4.73. The van der Waals surface area contributed by atoms with Crippen LogP contribution in [0.4, 0.5) is 0 Å². The average molecular weight is 294 g/mol. The van der Waals surface area contributed by atoms with Gasteiger partial charge in [-0.15, -0.1) is 0 Å². The van der Waals surface area contributed by atoms with Crippen LogP contribution in [-0.2, 0) is 20.7 Å². The lowest BCUT2D eigenvalue weighted by molar-refractivity contribution is -0.167. The Hall–Kier alpha value is -1.39. The molecular formula is C17H26O4. The molecule has 21 heavy (non-hydrogen) atoms. The Bertz CT molecular complexity index is 394. The summed E-state index contributed by atoms with van der Waals surface area (Å²) in [6, 6.07) is 7.62. The number of rotatable bonds is 11. The number of hydrogen-bond acceptors (Lipinski definition) is 4. The third-order valence-electron chi connectivity index (χ3n) is 2.97. The van der Waals surface area contributed by atoms with E-state index in [-0.39, 0.29) is 5.78 Å². The van der Waals surface area contributed by atoms with Crippen LogP contribution in [0.5, 0.6) is 5.75 Å². The van der Waals surface area contributed by atoms with E-state index in [0.717, 1.165) is 30.8 Å². The van der Waals surface area contributed by atoms with E-state index in [1.54, 1.807) is 0 Å². The van der Waals surface area contributed by atoms with Crippen LogP contribution in [-0.4, -0.2) is 31.9 Å². The first-order valence-electron chi connectivity index (χ1n) is 7.68. The van der Waals surface area contributed by atoms with E-state index in [9.17, 15) is 4.79 Å². The van der Waals surface area contributed by atoms with Gasteiger partial charge in [-0.1, -0.05) is 25.5 Å². The highest BCUT2D eigenvalue weighted by Gasteiger charge is 2.18. The van der Waals surface area contributed by atoms with Gasteiger partial charge in [0.1, 0.15) is 5.75 Å². The monoisotopic (exact) mass is 294 g/mol. The van der Waals surface area contributed by atoms with E-state index < -0.39 is 6.29 Å².